The lowest BCUT2D eigenvalue weighted by atomic mass is 9.93. The number of aryl methyl sites for hydroxylation is 2. The van der Waals surface area contributed by atoms with Crippen molar-refractivity contribution in [3.8, 4) is 11.4 Å². The van der Waals surface area contributed by atoms with E-state index in [1.807, 2.05) is 52.7 Å². The van der Waals surface area contributed by atoms with Crippen molar-refractivity contribution in [2.24, 2.45) is 0 Å². The molecule has 2 aromatic heterocycles. The Hall–Kier alpha value is -4.42. The number of fused-ring (bicyclic) bond motifs is 1. The van der Waals surface area contributed by atoms with Crippen molar-refractivity contribution < 1.29 is 32.2 Å². The van der Waals surface area contributed by atoms with Crippen molar-refractivity contribution in [2.75, 3.05) is 12.4 Å². The molecule has 1 aliphatic rings. The van der Waals surface area contributed by atoms with Crippen molar-refractivity contribution in [1.82, 2.24) is 24.3 Å². The summed E-state index contributed by atoms with van der Waals surface area (Å²) in [7, 11) is 1.65. The summed E-state index contributed by atoms with van der Waals surface area (Å²) in [6.45, 7) is 2.77. The number of alkyl halides is 3. The van der Waals surface area contributed by atoms with Crippen LogP contribution >= 0.6 is 0 Å². The molecule has 0 aliphatic carbocycles. The van der Waals surface area contributed by atoms with Gasteiger partial charge < -0.3 is 19.7 Å². The second-order valence-corrected chi connectivity index (χ2v) is 8.85. The third-order valence-corrected chi connectivity index (χ3v) is 6.07. The summed E-state index contributed by atoms with van der Waals surface area (Å²) < 4.78 is 54.7. The Balaban J connectivity index is 0.000000448. The predicted molar refractivity (Wildman–Crippen MR) is 134 cm³/mol. The number of carboxylic acids is 1. The molecule has 5 rings (SSSR count). The summed E-state index contributed by atoms with van der Waals surface area (Å²) in [5, 5.41) is 15.1. The lowest BCUT2D eigenvalue weighted by Crippen LogP contribution is -2.21. The second-order valence-electron chi connectivity index (χ2n) is 8.85. The Morgan fingerprint density at radius 3 is 2.49 bits per heavy atom. The Labute approximate surface area is 221 Å². The monoisotopic (exact) mass is 546 g/mol. The fraction of sp³-hybridized carbons (Fsp3) is 0.308. The maximum atomic E-state index is 13.4. The van der Waals surface area contributed by atoms with Crippen LogP contribution < -0.4 is 10.1 Å². The standard InChI is InChI=1S/C24H25FN6O.C2HF3O2/c1-16-14-30(15-26-16)21-11-10-19(13-22(21)32-2)27-24-28-23-20(5-3-4-12-31(23)29-24)17-6-8-18(25)9-7-17;3-2(4,5)1(6)7/h6-11,13-15,20H,3-5,12H2,1-2H3,(H,27,29);(H,6,7). The van der Waals surface area contributed by atoms with E-state index in [-0.39, 0.29) is 11.7 Å². The molecule has 1 atom stereocenters. The summed E-state index contributed by atoms with van der Waals surface area (Å²) >= 11 is 0. The molecular weight excluding hydrogens is 520 g/mol. The van der Waals surface area contributed by atoms with Crippen molar-refractivity contribution in [2.45, 2.75) is 44.8 Å². The number of methoxy groups -OCH3 is 1. The first kappa shape index (κ1) is 27.6. The van der Waals surface area contributed by atoms with Crippen LogP contribution in [0.2, 0.25) is 0 Å². The SMILES string of the molecule is COc1cc(Nc2nc3n(n2)CCCCC3c2ccc(F)cc2)ccc1-n1cnc(C)c1.O=C(O)C(F)(F)F. The lowest BCUT2D eigenvalue weighted by Gasteiger charge is -2.14. The van der Waals surface area contributed by atoms with Crippen LogP contribution in [0.25, 0.3) is 5.69 Å². The number of imidazole rings is 1. The minimum absolute atomic E-state index is 0.0996. The number of ether oxygens (including phenoxy) is 1. The highest BCUT2D eigenvalue weighted by Gasteiger charge is 2.38. The maximum Gasteiger partial charge on any atom is 0.490 e. The summed E-state index contributed by atoms with van der Waals surface area (Å²) in [5.74, 6) is -0.710. The fourth-order valence-corrected chi connectivity index (χ4v) is 4.23. The largest absolute Gasteiger partial charge is 0.494 e. The molecule has 2 aromatic carbocycles. The van der Waals surface area contributed by atoms with Crippen LogP contribution in [0.5, 0.6) is 5.75 Å². The molecule has 0 fully saturated rings. The van der Waals surface area contributed by atoms with Gasteiger partial charge in [-0.3, -0.25) is 0 Å². The number of anilines is 2. The molecule has 39 heavy (non-hydrogen) atoms. The second kappa shape index (κ2) is 11.5. The van der Waals surface area contributed by atoms with Gasteiger partial charge in [-0.05, 0) is 49.6 Å². The lowest BCUT2D eigenvalue weighted by molar-refractivity contribution is -0.192. The van der Waals surface area contributed by atoms with Gasteiger partial charge in [0.25, 0.3) is 0 Å². The van der Waals surface area contributed by atoms with Crippen LogP contribution in [-0.4, -0.2) is 48.7 Å². The van der Waals surface area contributed by atoms with Crippen molar-refractivity contribution >= 4 is 17.6 Å². The van der Waals surface area contributed by atoms with E-state index in [1.54, 1.807) is 13.4 Å². The van der Waals surface area contributed by atoms with Crippen LogP contribution in [0.4, 0.5) is 29.2 Å². The maximum absolute atomic E-state index is 13.4. The minimum atomic E-state index is -5.08. The van der Waals surface area contributed by atoms with Gasteiger partial charge in [0.1, 0.15) is 17.4 Å². The zero-order chi connectivity index (χ0) is 28.2. The topological polar surface area (TPSA) is 107 Å². The number of rotatable bonds is 5. The average molecular weight is 547 g/mol. The van der Waals surface area contributed by atoms with E-state index in [4.69, 9.17) is 24.7 Å². The summed E-state index contributed by atoms with van der Waals surface area (Å²) in [5.41, 5.74) is 3.74. The quantitative estimate of drug-likeness (QED) is 0.313. The van der Waals surface area contributed by atoms with E-state index >= 15 is 0 Å². The molecule has 0 amide bonds. The van der Waals surface area contributed by atoms with E-state index in [2.05, 4.69) is 10.3 Å². The molecular formula is C26H26F4N6O3. The average Bonchev–Trinajstić information content (AvgIpc) is 3.45. The molecule has 0 saturated carbocycles. The molecule has 0 spiro atoms. The smallest absolute Gasteiger partial charge is 0.490 e. The molecule has 3 heterocycles. The number of aromatic nitrogens is 5. The highest BCUT2D eigenvalue weighted by molar-refractivity contribution is 5.73. The van der Waals surface area contributed by atoms with Gasteiger partial charge >= 0.3 is 12.1 Å². The van der Waals surface area contributed by atoms with E-state index in [1.165, 1.54) is 12.1 Å². The molecule has 1 aliphatic heterocycles. The van der Waals surface area contributed by atoms with Gasteiger partial charge in [-0.2, -0.15) is 18.2 Å². The van der Waals surface area contributed by atoms with Gasteiger partial charge in [0.05, 0.1) is 24.8 Å². The molecule has 1 unspecified atom stereocenters. The van der Waals surface area contributed by atoms with E-state index in [0.29, 0.717) is 5.95 Å². The summed E-state index contributed by atoms with van der Waals surface area (Å²) in [6, 6.07) is 12.6. The minimum Gasteiger partial charge on any atom is -0.494 e. The third kappa shape index (κ3) is 6.72. The number of hydrogen-bond acceptors (Lipinski definition) is 6. The van der Waals surface area contributed by atoms with Crippen LogP contribution in [0.3, 0.4) is 0 Å². The molecule has 0 saturated heterocycles. The number of benzene rings is 2. The number of aliphatic carboxylic acids is 1. The van der Waals surface area contributed by atoms with Gasteiger partial charge in [0.15, 0.2) is 0 Å². The highest BCUT2D eigenvalue weighted by Crippen LogP contribution is 2.33. The first-order chi connectivity index (χ1) is 18.5. The molecule has 13 heteroatoms. The first-order valence-corrected chi connectivity index (χ1v) is 12.0. The number of carbonyl (C=O) groups is 1. The van der Waals surface area contributed by atoms with Gasteiger partial charge in [0.2, 0.25) is 5.95 Å². The molecule has 0 radical (unpaired) electrons. The Morgan fingerprint density at radius 2 is 1.87 bits per heavy atom. The number of carboxylic acid groups (broad SMARTS) is 1. The summed E-state index contributed by atoms with van der Waals surface area (Å²) in [6.07, 6.45) is 1.73. The Kier molecular flexibility index (Phi) is 8.17. The third-order valence-electron chi connectivity index (χ3n) is 6.07. The molecule has 206 valence electrons. The van der Waals surface area contributed by atoms with Crippen LogP contribution in [-0.2, 0) is 11.3 Å². The summed E-state index contributed by atoms with van der Waals surface area (Å²) in [4.78, 5) is 18.0. The zero-order valence-corrected chi connectivity index (χ0v) is 21.1. The highest BCUT2D eigenvalue weighted by atomic mass is 19.4. The normalized spacial score (nSPS) is 15.0. The zero-order valence-electron chi connectivity index (χ0n) is 21.1. The predicted octanol–water partition coefficient (Wildman–Crippen LogP) is 5.61. The van der Waals surface area contributed by atoms with Crippen LogP contribution in [0.15, 0.2) is 55.0 Å². The van der Waals surface area contributed by atoms with Gasteiger partial charge in [-0.25, -0.2) is 18.9 Å². The molecule has 9 nitrogen and oxygen atoms in total. The molecule has 4 aromatic rings. The van der Waals surface area contributed by atoms with E-state index in [0.717, 1.165) is 60.0 Å². The van der Waals surface area contributed by atoms with E-state index in [9.17, 15) is 17.6 Å². The van der Waals surface area contributed by atoms with Crippen molar-refractivity contribution in [3.63, 3.8) is 0 Å². The van der Waals surface area contributed by atoms with Gasteiger partial charge in [0, 0.05) is 30.4 Å². The van der Waals surface area contributed by atoms with Crippen molar-refractivity contribution in [3.05, 3.63) is 77.9 Å². The number of nitrogens with zero attached hydrogens (tertiary/aromatic N) is 5. The number of nitrogens with one attached hydrogen (secondary N) is 1. The Bertz CT molecular complexity index is 1430. The van der Waals surface area contributed by atoms with E-state index < -0.39 is 12.1 Å². The van der Waals surface area contributed by atoms with Crippen LogP contribution in [0, 0.1) is 12.7 Å². The van der Waals surface area contributed by atoms with Gasteiger partial charge in [-0.15, -0.1) is 5.10 Å². The molecule has 2 N–H and O–H groups in total. The molecule has 0 bridgehead atoms. The fourth-order valence-electron chi connectivity index (χ4n) is 4.23. The van der Waals surface area contributed by atoms with Crippen LogP contribution in [0.1, 0.15) is 42.3 Å². The van der Waals surface area contributed by atoms with Gasteiger partial charge in [-0.1, -0.05) is 18.6 Å². The Morgan fingerprint density at radius 1 is 1.15 bits per heavy atom. The number of hydrogen-bond donors (Lipinski definition) is 2. The number of halogens is 4. The van der Waals surface area contributed by atoms with Crippen molar-refractivity contribution in [1.29, 1.82) is 0 Å². The first-order valence-electron chi connectivity index (χ1n) is 12.0.